The maximum absolute atomic E-state index is 2.41. The summed E-state index contributed by atoms with van der Waals surface area (Å²) in [5, 5.41) is 15.8. The van der Waals surface area contributed by atoms with E-state index in [4.69, 9.17) is 0 Å². The molecule has 1 aromatic heterocycles. The summed E-state index contributed by atoms with van der Waals surface area (Å²) in [6, 6.07) is 54.4. The van der Waals surface area contributed by atoms with Gasteiger partial charge in [0.15, 0.2) is 0 Å². The van der Waals surface area contributed by atoms with Crippen molar-refractivity contribution in [2.24, 2.45) is 0 Å². The Hall–Kier alpha value is -5.24. The molecule has 0 atom stereocenters. The summed E-state index contributed by atoms with van der Waals surface area (Å²) >= 11 is 1.88. The molecule has 0 nitrogen and oxygen atoms in total. The Labute approximate surface area is 252 Å². The van der Waals surface area contributed by atoms with E-state index in [0.717, 1.165) is 0 Å². The molecule has 0 aliphatic carbocycles. The summed E-state index contributed by atoms with van der Waals surface area (Å²) in [6.45, 7) is 0. The molecular weight excluding hydrogens is 537 g/mol. The number of hydrogen-bond donors (Lipinski definition) is 0. The highest BCUT2D eigenvalue weighted by Crippen LogP contribution is 2.42. The van der Waals surface area contributed by atoms with Crippen LogP contribution in [0.1, 0.15) is 0 Å². The molecular formula is C42H24S. The Kier molecular flexibility index (Phi) is 4.69. The van der Waals surface area contributed by atoms with Crippen LogP contribution in [0.4, 0.5) is 0 Å². The molecule has 10 aromatic rings. The van der Waals surface area contributed by atoms with Gasteiger partial charge in [0, 0.05) is 20.2 Å². The first kappa shape index (κ1) is 23.3. The normalized spacial score (nSPS) is 12.2. The predicted molar refractivity (Wildman–Crippen MR) is 189 cm³/mol. The third kappa shape index (κ3) is 3.37. The minimum atomic E-state index is 1.26. The van der Waals surface area contributed by atoms with Crippen LogP contribution in [0.15, 0.2) is 146 Å². The lowest BCUT2D eigenvalue weighted by Crippen LogP contribution is -1.87. The van der Waals surface area contributed by atoms with Crippen LogP contribution in [0.3, 0.4) is 0 Å². The third-order valence-electron chi connectivity index (χ3n) is 9.39. The average molecular weight is 561 g/mol. The van der Waals surface area contributed by atoms with Gasteiger partial charge in [-0.2, -0.15) is 0 Å². The fourth-order valence-corrected chi connectivity index (χ4v) is 8.36. The monoisotopic (exact) mass is 560 g/mol. The van der Waals surface area contributed by atoms with Crippen LogP contribution in [-0.2, 0) is 0 Å². The lowest BCUT2D eigenvalue weighted by molar-refractivity contribution is 1.70. The molecule has 0 aliphatic rings. The molecule has 0 aliphatic heterocycles. The van der Waals surface area contributed by atoms with E-state index in [2.05, 4.69) is 146 Å². The van der Waals surface area contributed by atoms with Crippen molar-refractivity contribution in [2.45, 2.75) is 0 Å². The van der Waals surface area contributed by atoms with Gasteiger partial charge >= 0.3 is 0 Å². The SMILES string of the molecule is c1ccc2c(c1)ccc1ccc(-c3ccc4sc5ccc(-c6ccc7ccc8cccc9ccc6c7c89)cc5c4c3)cc12. The Morgan fingerprint density at radius 2 is 0.837 bits per heavy atom. The lowest BCUT2D eigenvalue weighted by atomic mass is 9.89. The van der Waals surface area contributed by atoms with Gasteiger partial charge < -0.3 is 0 Å². The van der Waals surface area contributed by atoms with Crippen molar-refractivity contribution in [1.82, 2.24) is 0 Å². The van der Waals surface area contributed by atoms with Crippen molar-refractivity contribution in [3.05, 3.63) is 146 Å². The van der Waals surface area contributed by atoms with Crippen LogP contribution in [0, 0.1) is 0 Å². The molecule has 0 radical (unpaired) electrons. The average Bonchev–Trinajstić information content (AvgIpc) is 3.44. The minimum Gasteiger partial charge on any atom is -0.135 e. The Morgan fingerprint density at radius 3 is 1.65 bits per heavy atom. The predicted octanol–water partition coefficient (Wildman–Crippen LogP) is 12.6. The molecule has 1 heterocycles. The third-order valence-corrected chi connectivity index (χ3v) is 10.5. The molecule has 43 heavy (non-hydrogen) atoms. The van der Waals surface area contributed by atoms with Crippen LogP contribution in [0.5, 0.6) is 0 Å². The van der Waals surface area contributed by atoms with Crippen molar-refractivity contribution >= 4 is 85.4 Å². The van der Waals surface area contributed by atoms with E-state index >= 15 is 0 Å². The van der Waals surface area contributed by atoms with Crippen molar-refractivity contribution in [3.8, 4) is 22.3 Å². The summed E-state index contributed by atoms with van der Waals surface area (Å²) in [7, 11) is 0. The molecule has 0 amide bonds. The number of hydrogen-bond acceptors (Lipinski definition) is 1. The maximum Gasteiger partial charge on any atom is 0.0355 e. The summed E-state index contributed by atoms with van der Waals surface area (Å²) in [5.41, 5.74) is 5.08. The number of benzene rings is 9. The Morgan fingerprint density at radius 1 is 0.302 bits per heavy atom. The minimum absolute atomic E-state index is 1.26. The van der Waals surface area contributed by atoms with E-state index in [9.17, 15) is 0 Å². The second kappa shape index (κ2) is 8.64. The van der Waals surface area contributed by atoms with Gasteiger partial charge in [-0.05, 0) is 106 Å². The molecule has 0 fully saturated rings. The summed E-state index contributed by atoms with van der Waals surface area (Å²) in [6.07, 6.45) is 0. The van der Waals surface area contributed by atoms with E-state index in [-0.39, 0.29) is 0 Å². The van der Waals surface area contributed by atoms with Crippen LogP contribution < -0.4 is 0 Å². The van der Waals surface area contributed by atoms with Crippen LogP contribution in [0.25, 0.3) is 96.3 Å². The van der Waals surface area contributed by atoms with Crippen LogP contribution in [0.2, 0.25) is 0 Å². The van der Waals surface area contributed by atoms with Gasteiger partial charge in [-0.1, -0.05) is 115 Å². The zero-order valence-corrected chi connectivity index (χ0v) is 24.1. The zero-order chi connectivity index (χ0) is 28.1. The molecule has 0 saturated carbocycles. The van der Waals surface area contributed by atoms with Gasteiger partial charge in [0.2, 0.25) is 0 Å². The topological polar surface area (TPSA) is 0 Å². The Bertz CT molecular complexity index is 2710. The van der Waals surface area contributed by atoms with E-state index in [0.29, 0.717) is 0 Å². The van der Waals surface area contributed by atoms with E-state index in [1.54, 1.807) is 0 Å². The fraction of sp³-hybridized carbons (Fsp3) is 0. The zero-order valence-electron chi connectivity index (χ0n) is 23.3. The van der Waals surface area contributed by atoms with Gasteiger partial charge in [0.1, 0.15) is 0 Å². The Balaban J connectivity index is 1.17. The molecule has 9 aromatic carbocycles. The number of fused-ring (bicyclic) bond motifs is 6. The second-order valence-electron chi connectivity index (χ2n) is 11.7. The van der Waals surface area contributed by atoms with Gasteiger partial charge in [-0.15, -0.1) is 11.3 Å². The van der Waals surface area contributed by atoms with Crippen LogP contribution >= 0.6 is 11.3 Å². The quantitative estimate of drug-likeness (QED) is 0.184. The van der Waals surface area contributed by atoms with E-state index < -0.39 is 0 Å². The van der Waals surface area contributed by atoms with Gasteiger partial charge in [-0.3, -0.25) is 0 Å². The van der Waals surface area contributed by atoms with Crippen molar-refractivity contribution in [3.63, 3.8) is 0 Å². The highest BCUT2D eigenvalue weighted by Gasteiger charge is 2.14. The first-order chi connectivity index (χ1) is 21.3. The number of thiophene rings is 1. The second-order valence-corrected chi connectivity index (χ2v) is 12.8. The highest BCUT2D eigenvalue weighted by molar-refractivity contribution is 7.25. The van der Waals surface area contributed by atoms with E-state index in [1.165, 1.54) is 96.3 Å². The molecule has 10 rings (SSSR count). The smallest absolute Gasteiger partial charge is 0.0355 e. The largest absolute Gasteiger partial charge is 0.135 e. The van der Waals surface area contributed by atoms with E-state index in [1.807, 2.05) is 11.3 Å². The number of rotatable bonds is 2. The fourth-order valence-electron chi connectivity index (χ4n) is 7.29. The molecule has 0 bridgehead atoms. The molecule has 1 heteroatoms. The first-order valence-electron chi connectivity index (χ1n) is 14.8. The van der Waals surface area contributed by atoms with Crippen molar-refractivity contribution in [2.75, 3.05) is 0 Å². The summed E-state index contributed by atoms with van der Waals surface area (Å²) < 4.78 is 2.66. The van der Waals surface area contributed by atoms with Gasteiger partial charge in [0.25, 0.3) is 0 Å². The van der Waals surface area contributed by atoms with Gasteiger partial charge in [0.05, 0.1) is 0 Å². The molecule has 198 valence electrons. The van der Waals surface area contributed by atoms with Crippen molar-refractivity contribution < 1.29 is 0 Å². The first-order valence-corrected chi connectivity index (χ1v) is 15.7. The molecule has 0 unspecified atom stereocenters. The van der Waals surface area contributed by atoms with Gasteiger partial charge in [-0.25, -0.2) is 0 Å². The summed E-state index contributed by atoms with van der Waals surface area (Å²) in [4.78, 5) is 0. The summed E-state index contributed by atoms with van der Waals surface area (Å²) in [5.74, 6) is 0. The highest BCUT2D eigenvalue weighted by atomic mass is 32.1. The van der Waals surface area contributed by atoms with Crippen LogP contribution in [-0.4, -0.2) is 0 Å². The lowest BCUT2D eigenvalue weighted by Gasteiger charge is -2.14. The van der Waals surface area contributed by atoms with Crippen molar-refractivity contribution in [1.29, 1.82) is 0 Å². The molecule has 0 spiro atoms. The standard InChI is InChI=1S/C42H24S/c1-2-7-33-25(4-1)8-9-26-10-13-30(22-36(26)33)31-16-20-39-37(23-31)38-24-32(17-21-40(38)43-39)34-18-14-29-12-11-27-5-3-6-28-15-19-35(34)42(29)41(27)28/h1-24H. The molecule has 0 N–H and O–H groups in total. The maximum atomic E-state index is 2.41. The molecule has 0 saturated heterocycles.